The van der Waals surface area contributed by atoms with Gasteiger partial charge < -0.3 is 20.6 Å². The highest BCUT2D eigenvalue weighted by Gasteiger charge is 2.32. The normalized spacial score (nSPS) is 14.5. The molecule has 0 rings (SSSR count). The van der Waals surface area contributed by atoms with Crippen molar-refractivity contribution in [3.63, 3.8) is 0 Å². The van der Waals surface area contributed by atoms with Crippen molar-refractivity contribution in [2.75, 3.05) is 20.2 Å². The maximum Gasteiger partial charge on any atom is 0.254 e. The maximum absolute atomic E-state index is 12.1. The van der Waals surface area contributed by atoms with Crippen molar-refractivity contribution >= 4 is 11.7 Å². The lowest BCUT2D eigenvalue weighted by Gasteiger charge is -2.31. The highest BCUT2D eigenvalue weighted by molar-refractivity contribution is 5.86. The molecular weight excluding hydrogens is 222 g/mol. The van der Waals surface area contributed by atoms with Crippen molar-refractivity contribution in [2.45, 2.75) is 33.3 Å². The first-order valence-corrected chi connectivity index (χ1v) is 5.62. The van der Waals surface area contributed by atoms with Crippen LogP contribution < -0.4 is 5.73 Å². The number of likely N-dealkylation sites (N-methyl/N-ethyl adjacent to an activating group) is 1. The Morgan fingerprint density at radius 2 is 2.12 bits per heavy atom. The lowest BCUT2D eigenvalue weighted by molar-refractivity contribution is -0.151. The van der Waals surface area contributed by atoms with E-state index < -0.39 is 5.60 Å². The molecule has 0 saturated carbocycles. The zero-order chi connectivity index (χ0) is 13.6. The van der Waals surface area contributed by atoms with Crippen molar-refractivity contribution in [3.8, 4) is 0 Å². The summed E-state index contributed by atoms with van der Waals surface area (Å²) in [6.07, 6.45) is 0. The molecule has 3 N–H and O–H groups in total. The van der Waals surface area contributed by atoms with Gasteiger partial charge in [-0.05, 0) is 20.8 Å². The van der Waals surface area contributed by atoms with Crippen molar-refractivity contribution in [1.82, 2.24) is 4.90 Å². The molecule has 0 aromatic rings. The van der Waals surface area contributed by atoms with E-state index in [0.717, 1.165) is 0 Å². The fraction of sp³-hybridized carbons (Fsp3) is 0.818. The number of carbonyl (C=O) groups is 1. The number of amidine groups is 1. The van der Waals surface area contributed by atoms with Crippen LogP contribution in [-0.4, -0.2) is 47.7 Å². The van der Waals surface area contributed by atoms with Crippen molar-refractivity contribution in [1.29, 1.82) is 0 Å². The molecule has 0 fully saturated rings. The number of hydrogen-bond donors (Lipinski definition) is 2. The molecule has 6 nitrogen and oxygen atoms in total. The van der Waals surface area contributed by atoms with Gasteiger partial charge in [0.1, 0.15) is 11.4 Å². The minimum Gasteiger partial charge on any atom is -0.409 e. The maximum atomic E-state index is 12.1. The van der Waals surface area contributed by atoms with Crippen LogP contribution in [0.1, 0.15) is 27.7 Å². The third-order valence-electron chi connectivity index (χ3n) is 2.81. The highest BCUT2D eigenvalue weighted by Crippen LogP contribution is 2.13. The summed E-state index contributed by atoms with van der Waals surface area (Å²) in [4.78, 5) is 13.8. The van der Waals surface area contributed by atoms with E-state index >= 15 is 0 Å². The second kappa shape index (κ2) is 6.44. The molecule has 1 amide bonds. The number of hydrogen-bond acceptors (Lipinski definition) is 4. The van der Waals surface area contributed by atoms with Crippen LogP contribution in [-0.2, 0) is 9.53 Å². The molecule has 0 aliphatic carbocycles. The number of oxime groups is 1. The zero-order valence-corrected chi connectivity index (χ0v) is 11.2. The lowest BCUT2D eigenvalue weighted by Crippen LogP contribution is -2.48. The monoisotopic (exact) mass is 245 g/mol. The number of amides is 1. The second-order valence-electron chi connectivity index (χ2n) is 4.48. The van der Waals surface area contributed by atoms with E-state index in [2.05, 4.69) is 5.16 Å². The van der Waals surface area contributed by atoms with E-state index in [1.165, 1.54) is 7.11 Å². The molecule has 0 heterocycles. The number of carbonyl (C=O) groups excluding carboxylic acids is 1. The summed E-state index contributed by atoms with van der Waals surface area (Å²) >= 11 is 0. The smallest absolute Gasteiger partial charge is 0.254 e. The quantitative estimate of drug-likeness (QED) is 0.311. The van der Waals surface area contributed by atoms with E-state index in [9.17, 15) is 4.79 Å². The number of ether oxygens (including phenoxy) is 1. The van der Waals surface area contributed by atoms with Crippen molar-refractivity contribution < 1.29 is 14.7 Å². The Bertz CT molecular complexity index is 290. The van der Waals surface area contributed by atoms with Gasteiger partial charge in [-0.3, -0.25) is 4.79 Å². The second-order valence-corrected chi connectivity index (χ2v) is 4.48. The van der Waals surface area contributed by atoms with Gasteiger partial charge in [0.05, 0.1) is 0 Å². The first-order valence-electron chi connectivity index (χ1n) is 5.62. The fourth-order valence-electron chi connectivity index (χ4n) is 1.35. The minimum atomic E-state index is -0.860. The SMILES string of the molecule is CCN(CC(C)C(N)=NO)C(=O)C(C)(C)OC. The fourth-order valence-corrected chi connectivity index (χ4v) is 1.35. The first kappa shape index (κ1) is 15.7. The van der Waals surface area contributed by atoms with E-state index in [-0.39, 0.29) is 17.7 Å². The molecule has 0 saturated heterocycles. The molecule has 0 aliphatic heterocycles. The van der Waals surface area contributed by atoms with E-state index in [1.54, 1.807) is 25.7 Å². The minimum absolute atomic E-state index is 0.111. The van der Waals surface area contributed by atoms with Crippen LogP contribution in [0, 0.1) is 5.92 Å². The third-order valence-corrected chi connectivity index (χ3v) is 2.81. The number of rotatable bonds is 6. The molecule has 0 aromatic heterocycles. The predicted octanol–water partition coefficient (Wildman–Crippen LogP) is 0.642. The average Bonchev–Trinajstić information content (AvgIpc) is 2.33. The molecule has 6 heteroatoms. The Morgan fingerprint density at radius 1 is 1.59 bits per heavy atom. The molecule has 100 valence electrons. The van der Waals surface area contributed by atoms with Gasteiger partial charge in [-0.2, -0.15) is 0 Å². The van der Waals surface area contributed by atoms with E-state index in [4.69, 9.17) is 15.7 Å². The molecular formula is C11H23N3O3. The predicted molar refractivity (Wildman–Crippen MR) is 65.9 cm³/mol. The Morgan fingerprint density at radius 3 is 2.47 bits per heavy atom. The summed E-state index contributed by atoms with van der Waals surface area (Å²) in [5, 5.41) is 11.5. The Labute approximate surface area is 102 Å². The van der Waals surface area contributed by atoms with Gasteiger partial charge in [0.15, 0.2) is 0 Å². The van der Waals surface area contributed by atoms with Gasteiger partial charge >= 0.3 is 0 Å². The topological polar surface area (TPSA) is 88.1 Å². The van der Waals surface area contributed by atoms with Crippen LogP contribution in [0.5, 0.6) is 0 Å². The van der Waals surface area contributed by atoms with Gasteiger partial charge in [0, 0.05) is 26.1 Å². The van der Waals surface area contributed by atoms with Crippen LogP contribution in [0.15, 0.2) is 5.16 Å². The largest absolute Gasteiger partial charge is 0.409 e. The molecule has 1 unspecified atom stereocenters. The summed E-state index contributed by atoms with van der Waals surface area (Å²) in [6, 6.07) is 0. The lowest BCUT2D eigenvalue weighted by atomic mass is 10.1. The van der Waals surface area contributed by atoms with Crippen LogP contribution in [0.4, 0.5) is 0 Å². The number of nitrogens with two attached hydrogens (primary N) is 1. The van der Waals surface area contributed by atoms with Crippen LogP contribution >= 0.6 is 0 Å². The van der Waals surface area contributed by atoms with Gasteiger partial charge in [-0.1, -0.05) is 12.1 Å². The summed E-state index contributed by atoms with van der Waals surface area (Å²) < 4.78 is 5.15. The van der Waals surface area contributed by atoms with E-state index in [0.29, 0.717) is 13.1 Å². The molecule has 1 atom stereocenters. The van der Waals surface area contributed by atoms with Gasteiger partial charge in [0.25, 0.3) is 5.91 Å². The Hall–Kier alpha value is -1.30. The summed E-state index contributed by atoms with van der Waals surface area (Å²) in [6.45, 7) is 8.05. The van der Waals surface area contributed by atoms with Crippen LogP contribution in [0.3, 0.4) is 0 Å². The number of nitrogens with zero attached hydrogens (tertiary/aromatic N) is 2. The number of methoxy groups -OCH3 is 1. The molecule has 0 spiro atoms. The standard InChI is InChI=1S/C11H23N3O3/c1-6-14(7-8(2)9(12)13-16)10(15)11(3,4)17-5/h8,16H,6-7H2,1-5H3,(H2,12,13). The van der Waals surface area contributed by atoms with E-state index in [1.807, 2.05) is 6.92 Å². The van der Waals surface area contributed by atoms with Crippen LogP contribution in [0.2, 0.25) is 0 Å². The summed E-state index contributed by atoms with van der Waals surface area (Å²) in [5.74, 6) is -0.192. The first-order chi connectivity index (χ1) is 7.80. The van der Waals surface area contributed by atoms with Gasteiger partial charge in [-0.25, -0.2) is 0 Å². The zero-order valence-electron chi connectivity index (χ0n) is 11.2. The summed E-state index contributed by atoms with van der Waals surface area (Å²) in [5.41, 5.74) is 4.63. The molecule has 0 aliphatic rings. The average molecular weight is 245 g/mol. The third kappa shape index (κ3) is 4.22. The molecule has 0 radical (unpaired) electrons. The van der Waals surface area contributed by atoms with Crippen molar-refractivity contribution in [3.05, 3.63) is 0 Å². The van der Waals surface area contributed by atoms with Crippen molar-refractivity contribution in [2.24, 2.45) is 16.8 Å². The molecule has 0 aromatic carbocycles. The molecule has 0 bridgehead atoms. The Kier molecular flexibility index (Phi) is 5.95. The highest BCUT2D eigenvalue weighted by atomic mass is 16.5. The van der Waals surface area contributed by atoms with Gasteiger partial charge in [-0.15, -0.1) is 0 Å². The Balaban J connectivity index is 4.70. The molecule has 17 heavy (non-hydrogen) atoms. The van der Waals surface area contributed by atoms with Crippen LogP contribution in [0.25, 0.3) is 0 Å². The summed E-state index contributed by atoms with van der Waals surface area (Å²) in [7, 11) is 1.50. The van der Waals surface area contributed by atoms with Gasteiger partial charge in [0.2, 0.25) is 0 Å².